The van der Waals surface area contributed by atoms with Gasteiger partial charge >= 0.3 is 0 Å². The van der Waals surface area contributed by atoms with Crippen LogP contribution >= 0.6 is 0 Å². The lowest BCUT2D eigenvalue weighted by atomic mass is 10.3. The summed E-state index contributed by atoms with van der Waals surface area (Å²) < 4.78 is 0. The average Bonchev–Trinajstić information content (AvgIpc) is 1.96. The second-order valence-electron chi connectivity index (χ2n) is 3.17. The molecule has 0 amide bonds. The van der Waals surface area contributed by atoms with Crippen LogP contribution in [0.2, 0.25) is 0 Å². The molecular weight excluding hydrogens is 142 g/mol. The second kappa shape index (κ2) is 3.49. The van der Waals surface area contributed by atoms with E-state index in [0.717, 1.165) is 13.1 Å². The molecular formula is C7H17N3O. The number of nitrogens with zero attached hydrogens (tertiary/aromatic N) is 2. The molecule has 0 spiro atoms. The van der Waals surface area contributed by atoms with Crippen LogP contribution in [0.3, 0.4) is 0 Å². The van der Waals surface area contributed by atoms with E-state index in [-0.39, 0.29) is 12.4 Å². The predicted octanol–water partition coefficient (Wildman–Crippen LogP) is -1.27. The van der Waals surface area contributed by atoms with Crippen molar-refractivity contribution >= 4 is 0 Å². The highest BCUT2D eigenvalue weighted by Gasteiger charge is 2.27. The minimum atomic E-state index is -0.341. The van der Waals surface area contributed by atoms with Crippen molar-refractivity contribution in [1.29, 1.82) is 0 Å². The summed E-state index contributed by atoms with van der Waals surface area (Å²) in [5.74, 6) is 0. The Bertz CT molecular complexity index is 131. The highest BCUT2D eigenvalue weighted by molar-refractivity contribution is 4.77. The Labute approximate surface area is 67.8 Å². The Morgan fingerprint density at radius 2 is 2.00 bits per heavy atom. The minimum Gasteiger partial charge on any atom is -0.377 e. The van der Waals surface area contributed by atoms with E-state index in [1.165, 1.54) is 0 Å². The van der Waals surface area contributed by atoms with E-state index < -0.39 is 0 Å². The summed E-state index contributed by atoms with van der Waals surface area (Å²) >= 11 is 0. The van der Waals surface area contributed by atoms with Crippen LogP contribution < -0.4 is 5.32 Å². The van der Waals surface area contributed by atoms with Gasteiger partial charge in [-0.15, -0.1) is 0 Å². The maximum absolute atomic E-state index is 9.49. The quantitative estimate of drug-likeness (QED) is 0.500. The first-order valence-corrected chi connectivity index (χ1v) is 3.91. The SMILES string of the molecule is CNC1CN(C)CC(O)N1C. The summed E-state index contributed by atoms with van der Waals surface area (Å²) in [6.45, 7) is 1.69. The first-order valence-electron chi connectivity index (χ1n) is 3.91. The zero-order valence-corrected chi connectivity index (χ0v) is 7.41. The summed E-state index contributed by atoms with van der Waals surface area (Å²) in [5.41, 5.74) is 0. The van der Waals surface area contributed by atoms with Crippen molar-refractivity contribution in [1.82, 2.24) is 15.1 Å². The number of rotatable bonds is 1. The van der Waals surface area contributed by atoms with Gasteiger partial charge in [0.15, 0.2) is 0 Å². The van der Waals surface area contributed by atoms with Crippen molar-refractivity contribution in [3.05, 3.63) is 0 Å². The maximum Gasteiger partial charge on any atom is 0.121 e. The molecule has 1 fully saturated rings. The van der Waals surface area contributed by atoms with Gasteiger partial charge in [-0.3, -0.25) is 9.80 Å². The Morgan fingerprint density at radius 1 is 1.36 bits per heavy atom. The lowest BCUT2D eigenvalue weighted by Gasteiger charge is -2.40. The Kier molecular flexibility index (Phi) is 2.84. The molecule has 2 atom stereocenters. The lowest BCUT2D eigenvalue weighted by molar-refractivity contribution is -0.0724. The number of likely N-dealkylation sites (N-methyl/N-ethyl adjacent to an activating group) is 3. The largest absolute Gasteiger partial charge is 0.377 e. The standard InChI is InChI=1S/C7H17N3O/c1-8-6-4-9(2)5-7(11)10(6)3/h6-8,11H,4-5H2,1-3H3. The van der Waals surface area contributed by atoms with Crippen molar-refractivity contribution in [2.75, 3.05) is 34.2 Å². The topological polar surface area (TPSA) is 38.7 Å². The summed E-state index contributed by atoms with van der Waals surface area (Å²) in [7, 11) is 5.85. The van der Waals surface area contributed by atoms with Gasteiger partial charge in [0, 0.05) is 13.1 Å². The van der Waals surface area contributed by atoms with Crippen molar-refractivity contribution in [2.24, 2.45) is 0 Å². The van der Waals surface area contributed by atoms with E-state index in [9.17, 15) is 5.11 Å². The molecule has 0 radical (unpaired) electrons. The van der Waals surface area contributed by atoms with Gasteiger partial charge in [-0.1, -0.05) is 0 Å². The molecule has 1 rings (SSSR count). The Balaban J connectivity index is 2.51. The normalized spacial score (nSPS) is 36.0. The molecule has 66 valence electrons. The smallest absolute Gasteiger partial charge is 0.121 e. The molecule has 1 aliphatic heterocycles. The van der Waals surface area contributed by atoms with Crippen LogP contribution in [-0.4, -0.2) is 61.5 Å². The molecule has 0 aromatic carbocycles. The van der Waals surface area contributed by atoms with Crippen LogP contribution in [0.4, 0.5) is 0 Å². The fourth-order valence-corrected chi connectivity index (χ4v) is 1.41. The van der Waals surface area contributed by atoms with Gasteiger partial charge in [-0.2, -0.15) is 0 Å². The number of aliphatic hydroxyl groups excluding tert-OH is 1. The van der Waals surface area contributed by atoms with Gasteiger partial charge in [-0.25, -0.2) is 0 Å². The van der Waals surface area contributed by atoms with Crippen LogP contribution in [0.15, 0.2) is 0 Å². The van der Waals surface area contributed by atoms with Crippen LogP contribution in [0.25, 0.3) is 0 Å². The third-order valence-corrected chi connectivity index (χ3v) is 2.25. The molecule has 11 heavy (non-hydrogen) atoms. The molecule has 0 aliphatic carbocycles. The molecule has 4 heteroatoms. The molecule has 1 saturated heterocycles. The summed E-state index contributed by atoms with van der Waals surface area (Å²) in [5, 5.41) is 12.6. The molecule has 1 aliphatic rings. The molecule has 1 heterocycles. The van der Waals surface area contributed by atoms with Crippen LogP contribution in [0.5, 0.6) is 0 Å². The predicted molar refractivity (Wildman–Crippen MR) is 44.1 cm³/mol. The number of nitrogens with one attached hydrogen (secondary N) is 1. The van der Waals surface area contributed by atoms with Crippen LogP contribution in [0, 0.1) is 0 Å². The highest BCUT2D eigenvalue weighted by atomic mass is 16.3. The van der Waals surface area contributed by atoms with E-state index in [0.29, 0.717) is 0 Å². The number of hydrogen-bond donors (Lipinski definition) is 2. The summed E-state index contributed by atoms with van der Waals surface area (Å²) in [6, 6.07) is 0. The highest BCUT2D eigenvalue weighted by Crippen LogP contribution is 2.07. The van der Waals surface area contributed by atoms with Gasteiger partial charge in [0.25, 0.3) is 0 Å². The van der Waals surface area contributed by atoms with E-state index in [1.807, 2.05) is 26.0 Å². The Morgan fingerprint density at radius 3 is 2.55 bits per heavy atom. The second-order valence-corrected chi connectivity index (χ2v) is 3.17. The third-order valence-electron chi connectivity index (χ3n) is 2.25. The van der Waals surface area contributed by atoms with Gasteiger partial charge in [-0.05, 0) is 21.1 Å². The van der Waals surface area contributed by atoms with Gasteiger partial charge in [0.1, 0.15) is 6.23 Å². The molecule has 0 saturated carbocycles. The van der Waals surface area contributed by atoms with Crippen LogP contribution in [-0.2, 0) is 0 Å². The van der Waals surface area contributed by atoms with E-state index in [2.05, 4.69) is 10.2 Å². The molecule has 2 unspecified atom stereocenters. The van der Waals surface area contributed by atoms with E-state index in [1.54, 1.807) is 0 Å². The summed E-state index contributed by atoms with van der Waals surface area (Å²) in [6.07, 6.45) is -0.0741. The fourth-order valence-electron chi connectivity index (χ4n) is 1.41. The van der Waals surface area contributed by atoms with Gasteiger partial charge in [0.05, 0.1) is 6.17 Å². The number of β-amino-alcohol motifs (C(OH)–C–C–N with tert-alkyl or cyclic N) is 1. The average molecular weight is 159 g/mol. The van der Waals surface area contributed by atoms with Crippen molar-refractivity contribution in [3.63, 3.8) is 0 Å². The summed E-state index contributed by atoms with van der Waals surface area (Å²) in [4.78, 5) is 4.06. The molecule has 0 bridgehead atoms. The number of hydrogen-bond acceptors (Lipinski definition) is 4. The van der Waals surface area contributed by atoms with E-state index >= 15 is 0 Å². The third kappa shape index (κ3) is 1.90. The van der Waals surface area contributed by atoms with Crippen molar-refractivity contribution in [2.45, 2.75) is 12.4 Å². The molecule has 0 aromatic rings. The van der Waals surface area contributed by atoms with Gasteiger partial charge < -0.3 is 10.4 Å². The maximum atomic E-state index is 9.49. The minimum absolute atomic E-state index is 0.267. The molecule has 2 N–H and O–H groups in total. The van der Waals surface area contributed by atoms with E-state index in [4.69, 9.17) is 0 Å². The fraction of sp³-hybridized carbons (Fsp3) is 1.00. The number of aliphatic hydroxyl groups is 1. The first kappa shape index (κ1) is 8.93. The first-order chi connectivity index (χ1) is 5.15. The molecule has 0 aromatic heterocycles. The van der Waals surface area contributed by atoms with Crippen molar-refractivity contribution < 1.29 is 5.11 Å². The number of piperazine rings is 1. The zero-order chi connectivity index (χ0) is 8.43. The van der Waals surface area contributed by atoms with Gasteiger partial charge in [0.2, 0.25) is 0 Å². The van der Waals surface area contributed by atoms with Crippen molar-refractivity contribution in [3.8, 4) is 0 Å². The molecule has 4 nitrogen and oxygen atoms in total. The van der Waals surface area contributed by atoms with Crippen LogP contribution in [0.1, 0.15) is 0 Å². The lowest BCUT2D eigenvalue weighted by Crippen LogP contribution is -2.60. The zero-order valence-electron chi connectivity index (χ0n) is 7.41. The Hall–Kier alpha value is -0.160. The monoisotopic (exact) mass is 159 g/mol.